The van der Waals surface area contributed by atoms with Crippen LogP contribution >= 0.6 is 0 Å². The van der Waals surface area contributed by atoms with Crippen LogP contribution in [0.15, 0.2) is 5.10 Å². The molecule has 1 heterocycles. The standard InChI is InChI=1S/C8H19N5.C2H6/c1-13-4-2-7(3-5-13)6-8(11-9)12-10;1-2/h7H,2-6,9-10H2,1H3,(H,11,12);1-2H3. The van der Waals surface area contributed by atoms with E-state index in [-0.39, 0.29) is 0 Å². The summed E-state index contributed by atoms with van der Waals surface area (Å²) in [4.78, 5) is 2.34. The van der Waals surface area contributed by atoms with Crippen molar-refractivity contribution in [2.75, 3.05) is 20.1 Å². The Hall–Kier alpha value is -0.810. The number of piperidine rings is 1. The number of nitrogens with one attached hydrogen (secondary N) is 1. The van der Waals surface area contributed by atoms with E-state index in [1.165, 1.54) is 12.8 Å². The molecule has 5 N–H and O–H groups in total. The van der Waals surface area contributed by atoms with Gasteiger partial charge in [-0.3, -0.25) is 0 Å². The fourth-order valence-electron chi connectivity index (χ4n) is 1.69. The first-order valence-electron chi connectivity index (χ1n) is 5.68. The minimum absolute atomic E-state index is 0.676. The highest BCUT2D eigenvalue weighted by Gasteiger charge is 2.17. The van der Waals surface area contributed by atoms with E-state index in [1.807, 2.05) is 13.8 Å². The van der Waals surface area contributed by atoms with Gasteiger partial charge in [-0.25, -0.2) is 5.84 Å². The molecule has 0 aromatic rings. The molecular weight excluding hydrogens is 190 g/mol. The SMILES string of the molecule is CC.CN1CCC(C/C(=N/N)NN)CC1. The number of amidine groups is 1. The molecule has 1 rings (SSSR count). The molecule has 0 atom stereocenters. The Morgan fingerprint density at radius 3 is 2.33 bits per heavy atom. The third kappa shape index (κ3) is 5.59. The highest BCUT2D eigenvalue weighted by atomic mass is 15.3. The molecule has 0 aliphatic carbocycles. The number of hydrogen-bond acceptors (Lipinski definition) is 4. The van der Waals surface area contributed by atoms with Gasteiger partial charge in [-0.15, -0.1) is 0 Å². The highest BCUT2D eigenvalue weighted by Crippen LogP contribution is 2.19. The monoisotopic (exact) mass is 215 g/mol. The van der Waals surface area contributed by atoms with E-state index in [0.717, 1.165) is 19.5 Å². The lowest BCUT2D eigenvalue weighted by Crippen LogP contribution is -2.36. The van der Waals surface area contributed by atoms with E-state index in [1.54, 1.807) is 0 Å². The Morgan fingerprint density at radius 1 is 1.40 bits per heavy atom. The van der Waals surface area contributed by atoms with Crippen molar-refractivity contribution in [2.24, 2.45) is 22.7 Å². The van der Waals surface area contributed by atoms with Crippen molar-refractivity contribution in [3.8, 4) is 0 Å². The third-order valence-corrected chi connectivity index (χ3v) is 2.64. The van der Waals surface area contributed by atoms with Gasteiger partial charge in [0.25, 0.3) is 0 Å². The van der Waals surface area contributed by atoms with Crippen LogP contribution in [0.5, 0.6) is 0 Å². The fourth-order valence-corrected chi connectivity index (χ4v) is 1.69. The fraction of sp³-hybridized carbons (Fsp3) is 0.900. The number of hydrazine groups is 1. The maximum Gasteiger partial charge on any atom is 0.136 e. The van der Waals surface area contributed by atoms with Crippen LogP contribution in [0.3, 0.4) is 0 Å². The van der Waals surface area contributed by atoms with Crippen molar-refractivity contribution in [3.63, 3.8) is 0 Å². The molecule has 1 saturated heterocycles. The number of hydrazone groups is 1. The Bertz CT molecular complexity index is 173. The van der Waals surface area contributed by atoms with Gasteiger partial charge >= 0.3 is 0 Å². The molecule has 15 heavy (non-hydrogen) atoms. The molecule has 1 aliphatic heterocycles. The van der Waals surface area contributed by atoms with Gasteiger partial charge in [0.2, 0.25) is 0 Å². The van der Waals surface area contributed by atoms with E-state index in [4.69, 9.17) is 11.7 Å². The van der Waals surface area contributed by atoms with Crippen molar-refractivity contribution in [1.29, 1.82) is 0 Å². The summed E-state index contributed by atoms with van der Waals surface area (Å²) in [5, 5.41) is 3.59. The molecule has 0 aromatic carbocycles. The second-order valence-corrected chi connectivity index (χ2v) is 3.67. The van der Waals surface area contributed by atoms with Crippen LogP contribution in [0.4, 0.5) is 0 Å². The number of nitrogens with two attached hydrogens (primary N) is 2. The van der Waals surface area contributed by atoms with Crippen molar-refractivity contribution in [1.82, 2.24) is 10.3 Å². The quantitative estimate of drug-likeness (QED) is 0.271. The highest BCUT2D eigenvalue weighted by molar-refractivity contribution is 5.81. The summed E-state index contributed by atoms with van der Waals surface area (Å²) in [5.74, 6) is 11.8. The molecule has 0 aromatic heterocycles. The van der Waals surface area contributed by atoms with Gasteiger partial charge in [-0.05, 0) is 38.9 Å². The summed E-state index contributed by atoms with van der Waals surface area (Å²) in [7, 11) is 2.15. The van der Waals surface area contributed by atoms with Gasteiger partial charge in [0, 0.05) is 6.42 Å². The van der Waals surface area contributed by atoms with Crippen LogP contribution in [0.25, 0.3) is 0 Å². The van der Waals surface area contributed by atoms with E-state index in [9.17, 15) is 0 Å². The first-order valence-corrected chi connectivity index (χ1v) is 5.68. The second kappa shape index (κ2) is 8.49. The third-order valence-electron chi connectivity index (χ3n) is 2.64. The van der Waals surface area contributed by atoms with Crippen LogP contribution in [0.2, 0.25) is 0 Å². The zero-order valence-electron chi connectivity index (χ0n) is 10.2. The molecule has 1 aliphatic rings. The lowest BCUT2D eigenvalue weighted by molar-refractivity contribution is 0.223. The normalized spacial score (nSPS) is 19.3. The summed E-state index contributed by atoms with van der Waals surface area (Å²) in [6.07, 6.45) is 3.29. The molecule has 90 valence electrons. The Balaban J connectivity index is 0.000000921. The summed E-state index contributed by atoms with van der Waals surface area (Å²) in [5.41, 5.74) is 2.52. The van der Waals surface area contributed by atoms with Gasteiger partial charge in [0.05, 0.1) is 0 Å². The van der Waals surface area contributed by atoms with E-state index in [2.05, 4.69) is 22.5 Å². The van der Waals surface area contributed by atoms with Crippen LogP contribution in [-0.2, 0) is 0 Å². The lowest BCUT2D eigenvalue weighted by Gasteiger charge is -2.28. The van der Waals surface area contributed by atoms with Crippen molar-refractivity contribution >= 4 is 5.84 Å². The second-order valence-electron chi connectivity index (χ2n) is 3.67. The van der Waals surface area contributed by atoms with E-state index >= 15 is 0 Å². The smallest absolute Gasteiger partial charge is 0.136 e. The Labute approximate surface area is 92.8 Å². The van der Waals surface area contributed by atoms with Crippen LogP contribution in [0.1, 0.15) is 33.1 Å². The van der Waals surface area contributed by atoms with E-state index < -0.39 is 0 Å². The van der Waals surface area contributed by atoms with E-state index in [0.29, 0.717) is 11.8 Å². The maximum absolute atomic E-state index is 5.26. The summed E-state index contributed by atoms with van der Waals surface area (Å²) < 4.78 is 0. The molecule has 5 heteroatoms. The van der Waals surface area contributed by atoms with Crippen LogP contribution < -0.4 is 17.1 Å². The number of rotatable bonds is 2. The minimum atomic E-state index is 0.676. The summed E-state index contributed by atoms with van der Waals surface area (Å²) in [6, 6.07) is 0. The largest absolute Gasteiger partial charge is 0.322 e. The molecule has 1 fully saturated rings. The predicted molar refractivity (Wildman–Crippen MR) is 65.1 cm³/mol. The molecule has 0 amide bonds. The topological polar surface area (TPSA) is 79.7 Å². The lowest BCUT2D eigenvalue weighted by atomic mass is 9.93. The summed E-state index contributed by atoms with van der Waals surface area (Å²) in [6.45, 7) is 6.32. The van der Waals surface area contributed by atoms with Gasteiger partial charge < -0.3 is 16.2 Å². The van der Waals surface area contributed by atoms with Crippen LogP contribution in [-0.4, -0.2) is 30.9 Å². The molecular formula is C10H25N5. The van der Waals surface area contributed by atoms with Crippen molar-refractivity contribution in [3.05, 3.63) is 0 Å². The molecule has 0 bridgehead atoms. The first kappa shape index (κ1) is 14.2. The van der Waals surface area contributed by atoms with Gasteiger partial charge in [-0.2, -0.15) is 5.10 Å². The number of hydrogen-bond donors (Lipinski definition) is 3. The maximum atomic E-state index is 5.26. The molecule has 0 unspecified atom stereocenters. The number of likely N-dealkylation sites (tertiary alicyclic amines) is 1. The van der Waals surface area contributed by atoms with Crippen molar-refractivity contribution < 1.29 is 0 Å². The Kier molecular flexibility index (Phi) is 8.04. The van der Waals surface area contributed by atoms with Crippen molar-refractivity contribution in [2.45, 2.75) is 33.1 Å². The zero-order chi connectivity index (χ0) is 11.7. The number of nitrogens with zero attached hydrogens (tertiary/aromatic N) is 2. The first-order chi connectivity index (χ1) is 7.26. The van der Waals surface area contributed by atoms with Crippen LogP contribution in [0, 0.1) is 5.92 Å². The zero-order valence-corrected chi connectivity index (χ0v) is 10.2. The van der Waals surface area contributed by atoms with Gasteiger partial charge in [-0.1, -0.05) is 13.8 Å². The molecule has 0 saturated carbocycles. The average molecular weight is 215 g/mol. The summed E-state index contributed by atoms with van der Waals surface area (Å²) >= 11 is 0. The van der Waals surface area contributed by atoms with Gasteiger partial charge in [0.1, 0.15) is 5.84 Å². The molecule has 0 radical (unpaired) electrons. The van der Waals surface area contributed by atoms with Gasteiger partial charge in [0.15, 0.2) is 0 Å². The minimum Gasteiger partial charge on any atom is -0.322 e. The Morgan fingerprint density at radius 2 is 1.93 bits per heavy atom. The molecule has 0 spiro atoms. The predicted octanol–water partition coefficient (Wildman–Crippen LogP) is 0.480. The molecule has 5 nitrogen and oxygen atoms in total. The average Bonchev–Trinajstić information content (AvgIpc) is 2.31.